The molecule has 1 fully saturated rings. The molecular weight excluding hydrogens is 142 g/mol. The summed E-state index contributed by atoms with van der Waals surface area (Å²) in [6, 6.07) is 0.292. The summed E-state index contributed by atoms with van der Waals surface area (Å²) in [7, 11) is 0. The van der Waals surface area contributed by atoms with Crippen molar-refractivity contribution in [3.63, 3.8) is 0 Å². The molecule has 11 heavy (non-hydrogen) atoms. The van der Waals surface area contributed by atoms with Gasteiger partial charge in [0.05, 0.1) is 6.67 Å². The second-order valence-electron chi connectivity index (χ2n) is 2.99. The van der Waals surface area contributed by atoms with Gasteiger partial charge >= 0.3 is 6.03 Å². The second kappa shape index (κ2) is 2.15. The zero-order valence-electron chi connectivity index (χ0n) is 6.23. The molecule has 0 spiro atoms. The molecule has 1 saturated carbocycles. The molecule has 0 aromatic heterocycles. The zero-order valence-corrected chi connectivity index (χ0v) is 6.23. The molecule has 60 valence electrons. The molecule has 4 heteroatoms. The normalized spacial score (nSPS) is 22.9. The third kappa shape index (κ3) is 1.15. The van der Waals surface area contributed by atoms with Crippen molar-refractivity contribution in [3.8, 4) is 0 Å². The van der Waals surface area contributed by atoms with E-state index in [2.05, 4.69) is 4.90 Å². The van der Waals surface area contributed by atoms with E-state index < -0.39 is 0 Å². The maximum absolute atomic E-state index is 10.7. The summed E-state index contributed by atoms with van der Waals surface area (Å²) in [4.78, 5) is 14.3. The summed E-state index contributed by atoms with van der Waals surface area (Å²) in [6.45, 7) is 0.639. The van der Waals surface area contributed by atoms with Gasteiger partial charge in [0.15, 0.2) is 0 Å². The van der Waals surface area contributed by atoms with Crippen molar-refractivity contribution in [1.82, 2.24) is 9.80 Å². The van der Waals surface area contributed by atoms with Crippen molar-refractivity contribution in [2.75, 3.05) is 6.67 Å². The molecule has 0 saturated heterocycles. The highest BCUT2D eigenvalue weighted by Crippen LogP contribution is 2.28. The van der Waals surface area contributed by atoms with Crippen LogP contribution in [0.25, 0.3) is 0 Å². The number of carbonyl (C=O) groups excluding carboxylic acids is 1. The van der Waals surface area contributed by atoms with Gasteiger partial charge in [-0.25, -0.2) is 4.79 Å². The van der Waals surface area contributed by atoms with Crippen LogP contribution >= 0.6 is 0 Å². The largest absolute Gasteiger partial charge is 0.355 e. The molecule has 0 aromatic carbocycles. The summed E-state index contributed by atoms with van der Waals surface area (Å²) >= 11 is 0. The number of carbonyl (C=O) groups is 1. The first kappa shape index (κ1) is 6.52. The standard InChI is InChI=1S/C7H11N3O/c8-7(11)10-4-3-9(5-10)6-1-2-6/h3-4,6H,1-2,5H2,(H2,8,11). The number of hydrogen-bond acceptors (Lipinski definition) is 2. The molecule has 1 aliphatic carbocycles. The van der Waals surface area contributed by atoms with Crippen molar-refractivity contribution < 1.29 is 4.79 Å². The molecule has 2 N–H and O–H groups in total. The number of nitrogens with zero attached hydrogens (tertiary/aromatic N) is 2. The maximum Gasteiger partial charge on any atom is 0.320 e. The van der Waals surface area contributed by atoms with E-state index in [1.807, 2.05) is 6.20 Å². The molecule has 0 bridgehead atoms. The van der Waals surface area contributed by atoms with Crippen molar-refractivity contribution in [2.24, 2.45) is 5.73 Å². The number of primary amides is 1. The summed E-state index contributed by atoms with van der Waals surface area (Å²) in [6.07, 6.45) is 6.16. The van der Waals surface area contributed by atoms with E-state index in [4.69, 9.17) is 5.73 Å². The van der Waals surface area contributed by atoms with Crippen LogP contribution in [0.15, 0.2) is 12.4 Å². The van der Waals surface area contributed by atoms with Crippen LogP contribution < -0.4 is 5.73 Å². The van der Waals surface area contributed by atoms with Gasteiger partial charge in [-0.15, -0.1) is 0 Å². The summed E-state index contributed by atoms with van der Waals surface area (Å²) < 4.78 is 0. The Bertz CT molecular complexity index is 210. The van der Waals surface area contributed by atoms with Gasteiger partial charge in [0, 0.05) is 18.4 Å². The maximum atomic E-state index is 10.7. The van der Waals surface area contributed by atoms with Crippen LogP contribution in [-0.4, -0.2) is 28.5 Å². The lowest BCUT2D eigenvalue weighted by Crippen LogP contribution is -2.34. The predicted molar refractivity (Wildman–Crippen MR) is 40.3 cm³/mol. The third-order valence-corrected chi connectivity index (χ3v) is 2.05. The summed E-state index contributed by atoms with van der Waals surface area (Å²) in [5.41, 5.74) is 5.09. The average Bonchev–Trinajstić information content (AvgIpc) is 2.68. The quantitative estimate of drug-likeness (QED) is 0.588. The fourth-order valence-electron chi connectivity index (χ4n) is 1.22. The molecule has 2 rings (SSSR count). The zero-order chi connectivity index (χ0) is 7.84. The predicted octanol–water partition coefficient (Wildman–Crippen LogP) is 0.274. The van der Waals surface area contributed by atoms with Gasteiger partial charge in [-0.2, -0.15) is 0 Å². The molecule has 2 aliphatic rings. The van der Waals surface area contributed by atoms with Crippen LogP contribution in [0.1, 0.15) is 12.8 Å². The van der Waals surface area contributed by atoms with Crippen LogP contribution in [0.2, 0.25) is 0 Å². The minimum absolute atomic E-state index is 0.371. The summed E-state index contributed by atoms with van der Waals surface area (Å²) in [5, 5.41) is 0. The molecule has 0 atom stereocenters. The number of amides is 2. The van der Waals surface area contributed by atoms with Crippen molar-refractivity contribution in [3.05, 3.63) is 12.4 Å². The van der Waals surface area contributed by atoms with Crippen LogP contribution in [0.3, 0.4) is 0 Å². The van der Waals surface area contributed by atoms with E-state index in [1.165, 1.54) is 17.7 Å². The van der Waals surface area contributed by atoms with Crippen molar-refractivity contribution >= 4 is 6.03 Å². The minimum Gasteiger partial charge on any atom is -0.355 e. The molecule has 2 amide bonds. The van der Waals surface area contributed by atoms with Gasteiger partial charge in [-0.1, -0.05) is 0 Å². The van der Waals surface area contributed by atoms with Gasteiger partial charge in [-0.3, -0.25) is 4.90 Å². The molecule has 0 unspecified atom stereocenters. The first-order valence-corrected chi connectivity index (χ1v) is 3.77. The smallest absolute Gasteiger partial charge is 0.320 e. The first-order chi connectivity index (χ1) is 5.27. The van der Waals surface area contributed by atoms with Crippen molar-refractivity contribution in [1.29, 1.82) is 0 Å². The average molecular weight is 153 g/mol. The highest BCUT2D eigenvalue weighted by molar-refractivity contribution is 5.73. The number of urea groups is 1. The van der Waals surface area contributed by atoms with E-state index in [0.717, 1.165) is 0 Å². The molecule has 0 aromatic rings. The Balaban J connectivity index is 1.93. The van der Waals surface area contributed by atoms with E-state index in [0.29, 0.717) is 12.7 Å². The Morgan fingerprint density at radius 2 is 2.18 bits per heavy atom. The number of hydrogen-bond donors (Lipinski definition) is 1. The van der Waals surface area contributed by atoms with Crippen LogP contribution in [-0.2, 0) is 0 Å². The first-order valence-electron chi connectivity index (χ1n) is 3.77. The highest BCUT2D eigenvalue weighted by atomic mass is 16.2. The topological polar surface area (TPSA) is 49.6 Å². The molecule has 1 aliphatic heterocycles. The van der Waals surface area contributed by atoms with Crippen LogP contribution in [0.4, 0.5) is 4.79 Å². The van der Waals surface area contributed by atoms with Gasteiger partial charge < -0.3 is 10.6 Å². The van der Waals surface area contributed by atoms with Gasteiger partial charge in [0.1, 0.15) is 0 Å². The van der Waals surface area contributed by atoms with Gasteiger partial charge in [-0.05, 0) is 12.8 Å². The number of nitrogens with two attached hydrogens (primary N) is 1. The fraction of sp³-hybridized carbons (Fsp3) is 0.571. The van der Waals surface area contributed by atoms with Gasteiger partial charge in [0.2, 0.25) is 0 Å². The third-order valence-electron chi connectivity index (χ3n) is 2.05. The summed E-state index contributed by atoms with van der Waals surface area (Å²) in [5.74, 6) is 0. The Morgan fingerprint density at radius 3 is 2.64 bits per heavy atom. The van der Waals surface area contributed by atoms with E-state index in [9.17, 15) is 4.79 Å². The van der Waals surface area contributed by atoms with E-state index in [1.54, 1.807) is 6.20 Å². The minimum atomic E-state index is -0.371. The second-order valence-corrected chi connectivity index (χ2v) is 2.99. The Morgan fingerprint density at radius 1 is 1.45 bits per heavy atom. The molecular formula is C7H11N3O. The lowest BCUT2D eigenvalue weighted by atomic mass is 10.6. The lowest BCUT2D eigenvalue weighted by molar-refractivity contribution is 0.210. The van der Waals surface area contributed by atoms with Gasteiger partial charge in [0.25, 0.3) is 0 Å². The SMILES string of the molecule is NC(=O)N1C=CN(C2CC2)C1. The Labute approximate surface area is 65.2 Å². The van der Waals surface area contributed by atoms with E-state index in [-0.39, 0.29) is 6.03 Å². The van der Waals surface area contributed by atoms with Crippen LogP contribution in [0, 0.1) is 0 Å². The van der Waals surface area contributed by atoms with Crippen LogP contribution in [0.5, 0.6) is 0 Å². The Hall–Kier alpha value is -1.19. The molecule has 4 nitrogen and oxygen atoms in total. The Kier molecular flexibility index (Phi) is 1.27. The lowest BCUT2D eigenvalue weighted by Gasteiger charge is -2.17. The number of rotatable bonds is 1. The molecule has 1 heterocycles. The van der Waals surface area contributed by atoms with E-state index >= 15 is 0 Å². The highest BCUT2D eigenvalue weighted by Gasteiger charge is 2.30. The molecule has 0 radical (unpaired) electrons. The monoisotopic (exact) mass is 153 g/mol. The fourth-order valence-corrected chi connectivity index (χ4v) is 1.22. The van der Waals surface area contributed by atoms with Crippen molar-refractivity contribution in [2.45, 2.75) is 18.9 Å².